The first-order valence-electron chi connectivity index (χ1n) is 5.07. The molecule has 0 saturated heterocycles. The lowest BCUT2D eigenvalue weighted by Crippen LogP contribution is -2.34. The molecule has 1 rings (SSSR count). The number of rotatable bonds is 6. The lowest BCUT2D eigenvalue weighted by molar-refractivity contribution is 0.279. The van der Waals surface area contributed by atoms with Gasteiger partial charge in [-0.1, -0.05) is 25.1 Å². The zero-order chi connectivity index (χ0) is 11.1. The first-order valence-corrected chi connectivity index (χ1v) is 5.95. The van der Waals surface area contributed by atoms with Crippen molar-refractivity contribution < 1.29 is 5.11 Å². The number of aliphatic hydroxyl groups excluding tert-OH is 1. The third kappa shape index (κ3) is 4.15. The summed E-state index contributed by atoms with van der Waals surface area (Å²) in [5.74, 6) is 0. The van der Waals surface area contributed by atoms with E-state index < -0.39 is 0 Å². The fourth-order valence-electron chi connectivity index (χ4n) is 1.28. The van der Waals surface area contributed by atoms with Crippen LogP contribution in [0.15, 0.2) is 23.6 Å². The van der Waals surface area contributed by atoms with Gasteiger partial charge in [0.2, 0.25) is 0 Å². The first kappa shape index (κ1) is 12.4. The Morgan fingerprint density at radius 1 is 1.60 bits per heavy atom. The number of nitrogens with two attached hydrogens (primary N) is 1. The molecule has 84 valence electrons. The molecule has 1 heterocycles. The Kier molecular flexibility index (Phi) is 5.60. The van der Waals surface area contributed by atoms with Gasteiger partial charge in [0.15, 0.2) is 0 Å². The Bertz CT molecular complexity index is 271. The number of nitrogens with zero attached hydrogens (tertiary/aromatic N) is 2. The van der Waals surface area contributed by atoms with Crippen LogP contribution in [-0.2, 0) is 0 Å². The van der Waals surface area contributed by atoms with Crippen molar-refractivity contribution in [2.45, 2.75) is 36.1 Å². The van der Waals surface area contributed by atoms with E-state index in [4.69, 9.17) is 5.73 Å². The molecule has 2 unspecified atom stereocenters. The molecule has 0 spiro atoms. The van der Waals surface area contributed by atoms with Crippen LogP contribution in [0.2, 0.25) is 0 Å². The van der Waals surface area contributed by atoms with Gasteiger partial charge in [-0.15, -0.1) is 0 Å². The molecular formula is C10H17N3OS. The van der Waals surface area contributed by atoms with Crippen molar-refractivity contribution in [3.05, 3.63) is 18.6 Å². The van der Waals surface area contributed by atoms with Crippen LogP contribution in [0.3, 0.4) is 0 Å². The zero-order valence-corrected chi connectivity index (χ0v) is 9.65. The molecule has 15 heavy (non-hydrogen) atoms. The molecule has 0 radical (unpaired) electrons. The molecule has 4 nitrogen and oxygen atoms in total. The standard InChI is InChI=1S/C10H17N3OS/c1-2-3-8(11)9(6-14)15-10-4-5-12-7-13-10/h4-5,7-9,14H,2-3,6,11H2,1H3. The van der Waals surface area contributed by atoms with E-state index in [0.717, 1.165) is 17.9 Å². The van der Waals surface area contributed by atoms with E-state index >= 15 is 0 Å². The highest BCUT2D eigenvalue weighted by atomic mass is 32.2. The van der Waals surface area contributed by atoms with Crippen molar-refractivity contribution in [3.8, 4) is 0 Å². The van der Waals surface area contributed by atoms with Crippen LogP contribution in [0, 0.1) is 0 Å². The van der Waals surface area contributed by atoms with Gasteiger partial charge >= 0.3 is 0 Å². The van der Waals surface area contributed by atoms with E-state index in [1.807, 2.05) is 6.07 Å². The van der Waals surface area contributed by atoms with Gasteiger partial charge in [0.25, 0.3) is 0 Å². The molecule has 0 aliphatic carbocycles. The fraction of sp³-hybridized carbons (Fsp3) is 0.600. The van der Waals surface area contributed by atoms with E-state index in [-0.39, 0.29) is 17.9 Å². The largest absolute Gasteiger partial charge is 0.395 e. The van der Waals surface area contributed by atoms with Gasteiger partial charge in [0.1, 0.15) is 6.33 Å². The second-order valence-corrected chi connectivity index (χ2v) is 4.60. The summed E-state index contributed by atoms with van der Waals surface area (Å²) in [6.07, 6.45) is 5.14. The third-order valence-electron chi connectivity index (χ3n) is 2.11. The number of aliphatic hydroxyl groups is 1. The van der Waals surface area contributed by atoms with Crippen LogP contribution < -0.4 is 5.73 Å². The lowest BCUT2D eigenvalue weighted by atomic mass is 10.1. The molecular weight excluding hydrogens is 210 g/mol. The predicted molar refractivity (Wildman–Crippen MR) is 61.6 cm³/mol. The molecule has 0 aliphatic heterocycles. The molecule has 5 heteroatoms. The summed E-state index contributed by atoms with van der Waals surface area (Å²) in [6.45, 7) is 2.17. The average Bonchev–Trinajstić information content (AvgIpc) is 2.27. The zero-order valence-electron chi connectivity index (χ0n) is 8.84. The van der Waals surface area contributed by atoms with Crippen LogP contribution in [-0.4, -0.2) is 33.0 Å². The summed E-state index contributed by atoms with van der Waals surface area (Å²) in [5, 5.41) is 10.1. The van der Waals surface area contributed by atoms with Gasteiger partial charge in [-0.3, -0.25) is 0 Å². The number of thioether (sulfide) groups is 1. The van der Waals surface area contributed by atoms with Crippen molar-refractivity contribution in [2.24, 2.45) is 5.73 Å². The molecule has 0 amide bonds. The van der Waals surface area contributed by atoms with Crippen molar-refractivity contribution in [2.75, 3.05) is 6.61 Å². The Morgan fingerprint density at radius 2 is 2.40 bits per heavy atom. The van der Waals surface area contributed by atoms with Gasteiger partial charge in [-0.2, -0.15) is 0 Å². The topological polar surface area (TPSA) is 72.0 Å². The van der Waals surface area contributed by atoms with Gasteiger partial charge in [-0.05, 0) is 12.5 Å². The van der Waals surface area contributed by atoms with E-state index in [9.17, 15) is 5.11 Å². The normalized spacial score (nSPS) is 14.9. The summed E-state index contributed by atoms with van der Waals surface area (Å²) in [7, 11) is 0. The van der Waals surface area contributed by atoms with Gasteiger partial charge in [0.05, 0.1) is 11.6 Å². The Morgan fingerprint density at radius 3 is 2.93 bits per heavy atom. The minimum atomic E-state index is 0.0137. The molecule has 0 saturated carbocycles. The Labute approximate surface area is 94.3 Å². The monoisotopic (exact) mass is 227 g/mol. The minimum absolute atomic E-state index is 0.0137. The lowest BCUT2D eigenvalue weighted by Gasteiger charge is -2.20. The highest BCUT2D eigenvalue weighted by Gasteiger charge is 2.17. The maximum atomic E-state index is 9.24. The second kappa shape index (κ2) is 6.76. The summed E-state index contributed by atoms with van der Waals surface area (Å²) in [5.41, 5.74) is 5.96. The third-order valence-corrected chi connectivity index (χ3v) is 3.39. The second-order valence-electron chi connectivity index (χ2n) is 3.34. The van der Waals surface area contributed by atoms with Crippen molar-refractivity contribution in [1.29, 1.82) is 0 Å². The molecule has 1 aromatic heterocycles. The van der Waals surface area contributed by atoms with Crippen LogP contribution in [0.5, 0.6) is 0 Å². The van der Waals surface area contributed by atoms with E-state index in [2.05, 4.69) is 16.9 Å². The van der Waals surface area contributed by atoms with Crippen LogP contribution >= 0.6 is 11.8 Å². The maximum absolute atomic E-state index is 9.24. The van der Waals surface area contributed by atoms with E-state index in [1.165, 1.54) is 18.1 Å². The van der Waals surface area contributed by atoms with Crippen LogP contribution in [0.1, 0.15) is 19.8 Å². The molecule has 0 fully saturated rings. The Balaban J connectivity index is 2.53. The van der Waals surface area contributed by atoms with Crippen LogP contribution in [0.25, 0.3) is 0 Å². The van der Waals surface area contributed by atoms with Crippen molar-refractivity contribution >= 4 is 11.8 Å². The summed E-state index contributed by atoms with van der Waals surface area (Å²) >= 11 is 1.51. The number of hydrogen-bond acceptors (Lipinski definition) is 5. The van der Waals surface area contributed by atoms with Gasteiger partial charge in [0, 0.05) is 17.5 Å². The highest BCUT2D eigenvalue weighted by molar-refractivity contribution is 7.99. The van der Waals surface area contributed by atoms with E-state index in [0.29, 0.717) is 0 Å². The number of aromatic nitrogens is 2. The molecule has 0 aromatic carbocycles. The maximum Gasteiger partial charge on any atom is 0.116 e. The SMILES string of the molecule is CCCC(N)C(CO)Sc1ccncn1. The number of hydrogen-bond donors (Lipinski definition) is 2. The van der Waals surface area contributed by atoms with E-state index in [1.54, 1.807) is 6.20 Å². The molecule has 0 aliphatic rings. The van der Waals surface area contributed by atoms with Gasteiger partial charge < -0.3 is 10.8 Å². The predicted octanol–water partition coefficient (Wildman–Crippen LogP) is 1.06. The smallest absolute Gasteiger partial charge is 0.116 e. The highest BCUT2D eigenvalue weighted by Crippen LogP contribution is 2.23. The first-order chi connectivity index (χ1) is 7.27. The average molecular weight is 227 g/mol. The quantitative estimate of drug-likeness (QED) is 0.561. The van der Waals surface area contributed by atoms with Gasteiger partial charge in [-0.25, -0.2) is 9.97 Å². The summed E-state index contributed by atoms with van der Waals surface area (Å²) in [4.78, 5) is 7.94. The molecule has 1 aromatic rings. The van der Waals surface area contributed by atoms with Crippen LogP contribution in [0.4, 0.5) is 0 Å². The van der Waals surface area contributed by atoms with Crippen molar-refractivity contribution in [3.63, 3.8) is 0 Å². The fourth-order valence-corrected chi connectivity index (χ4v) is 2.23. The summed E-state index contributed by atoms with van der Waals surface area (Å²) < 4.78 is 0. The van der Waals surface area contributed by atoms with Crippen molar-refractivity contribution in [1.82, 2.24) is 9.97 Å². The summed E-state index contributed by atoms with van der Waals surface area (Å²) in [6, 6.07) is 1.84. The Hall–Kier alpha value is -0.650. The molecule has 3 N–H and O–H groups in total. The minimum Gasteiger partial charge on any atom is -0.395 e. The molecule has 0 bridgehead atoms. The molecule has 2 atom stereocenters.